The number of hydrogen-bond donors (Lipinski definition) is 0. The molecule has 2 aliphatic rings. The van der Waals surface area contributed by atoms with E-state index in [9.17, 15) is 9.59 Å². The maximum atomic E-state index is 12.8. The second kappa shape index (κ2) is 8.23. The number of rotatable bonds is 4. The molecule has 134 valence electrons. The number of carbonyl (C=O) groups is 2. The van der Waals surface area contributed by atoms with E-state index in [-0.39, 0.29) is 5.78 Å². The Bertz CT molecular complexity index is 952. The maximum absolute atomic E-state index is 12.8. The molecular weight excluding hydrogens is 336 g/mol. The zero-order chi connectivity index (χ0) is 19.2. The molecule has 2 heterocycles. The molecule has 0 saturated heterocycles. The fraction of sp³-hybridized carbons (Fsp3) is 0.0870. The van der Waals surface area contributed by atoms with Crippen LogP contribution >= 0.6 is 0 Å². The summed E-state index contributed by atoms with van der Waals surface area (Å²) in [7, 11) is 3.89. The summed E-state index contributed by atoms with van der Waals surface area (Å²) in [6.45, 7) is 0. The molecule has 1 aromatic heterocycles. The molecule has 0 saturated carbocycles. The lowest BCUT2D eigenvalue weighted by Gasteiger charge is -2.12. The van der Waals surface area contributed by atoms with E-state index in [1.54, 1.807) is 24.3 Å². The molecule has 27 heavy (non-hydrogen) atoms. The Morgan fingerprint density at radius 3 is 2.37 bits per heavy atom. The Balaban J connectivity index is 1.85. The smallest absolute Gasteiger partial charge is 0.193 e. The van der Waals surface area contributed by atoms with Crippen LogP contribution in [0.4, 0.5) is 0 Å². The number of aldehydes is 1. The average Bonchev–Trinajstić information content (AvgIpc) is 2.68. The van der Waals surface area contributed by atoms with Crippen molar-refractivity contribution in [2.75, 3.05) is 7.05 Å². The van der Waals surface area contributed by atoms with E-state index < -0.39 is 0 Å². The highest BCUT2D eigenvalue weighted by Gasteiger charge is 2.17. The maximum Gasteiger partial charge on any atom is 0.193 e. The van der Waals surface area contributed by atoms with Gasteiger partial charge in [-0.25, -0.2) is 4.57 Å². The molecule has 4 nitrogen and oxygen atoms in total. The third-order valence-corrected chi connectivity index (χ3v) is 4.22. The molecular formula is C23H21N2O2+. The molecule has 0 atom stereocenters. The number of carbonyl (C=O) groups excluding carboxylic acids is 2. The summed E-state index contributed by atoms with van der Waals surface area (Å²) in [5.74, 6) is -0.101. The van der Waals surface area contributed by atoms with Gasteiger partial charge in [0.2, 0.25) is 0 Å². The summed E-state index contributed by atoms with van der Waals surface area (Å²) in [5, 5.41) is 0. The van der Waals surface area contributed by atoms with Gasteiger partial charge in [0.1, 0.15) is 13.3 Å². The van der Waals surface area contributed by atoms with Crippen LogP contribution < -0.4 is 4.57 Å². The number of nitrogens with zero attached hydrogens (tertiary/aromatic N) is 2. The number of ketones is 1. The Morgan fingerprint density at radius 2 is 1.70 bits per heavy atom. The molecule has 0 radical (unpaired) electrons. The molecule has 3 rings (SSSR count). The van der Waals surface area contributed by atoms with E-state index in [2.05, 4.69) is 0 Å². The summed E-state index contributed by atoms with van der Waals surface area (Å²) in [6.07, 6.45) is 22.9. The lowest BCUT2D eigenvalue weighted by atomic mass is 9.93. The Morgan fingerprint density at radius 1 is 1.00 bits per heavy atom. The quantitative estimate of drug-likeness (QED) is 0.473. The molecule has 0 N–H and O–H groups in total. The third kappa shape index (κ3) is 4.76. The van der Waals surface area contributed by atoms with Crippen LogP contribution in [0, 0.1) is 0 Å². The predicted molar refractivity (Wildman–Crippen MR) is 106 cm³/mol. The number of allylic oxidation sites excluding steroid dienone is 11. The third-order valence-electron chi connectivity index (χ3n) is 4.22. The fourth-order valence-corrected chi connectivity index (χ4v) is 2.63. The molecule has 0 amide bonds. The first-order valence-corrected chi connectivity index (χ1v) is 8.62. The van der Waals surface area contributed by atoms with Crippen molar-refractivity contribution in [1.29, 1.82) is 0 Å². The van der Waals surface area contributed by atoms with E-state index >= 15 is 0 Å². The van der Waals surface area contributed by atoms with Gasteiger partial charge in [-0.05, 0) is 35.4 Å². The van der Waals surface area contributed by atoms with Crippen LogP contribution in [0.25, 0.3) is 6.08 Å². The van der Waals surface area contributed by atoms with E-state index in [1.807, 2.05) is 84.8 Å². The minimum atomic E-state index is -0.101. The molecule has 0 aromatic carbocycles. The van der Waals surface area contributed by atoms with Gasteiger partial charge in [-0.15, -0.1) is 0 Å². The second-order valence-corrected chi connectivity index (χ2v) is 6.41. The van der Waals surface area contributed by atoms with E-state index in [0.717, 1.165) is 17.4 Å². The molecule has 4 heteroatoms. The van der Waals surface area contributed by atoms with Gasteiger partial charge >= 0.3 is 0 Å². The van der Waals surface area contributed by atoms with Crippen molar-refractivity contribution in [2.45, 2.75) is 0 Å². The molecule has 0 bridgehead atoms. The van der Waals surface area contributed by atoms with Crippen molar-refractivity contribution in [1.82, 2.24) is 4.90 Å². The predicted octanol–water partition coefficient (Wildman–Crippen LogP) is 2.98. The molecule has 1 aliphatic heterocycles. The van der Waals surface area contributed by atoms with Crippen molar-refractivity contribution in [3.63, 3.8) is 0 Å². The van der Waals surface area contributed by atoms with Crippen molar-refractivity contribution in [2.24, 2.45) is 7.05 Å². The molecule has 0 spiro atoms. The largest absolute Gasteiger partial charge is 0.357 e. The van der Waals surface area contributed by atoms with Crippen LogP contribution in [0.2, 0.25) is 0 Å². The van der Waals surface area contributed by atoms with Gasteiger partial charge in [0.15, 0.2) is 18.2 Å². The summed E-state index contributed by atoms with van der Waals surface area (Å²) in [4.78, 5) is 26.0. The minimum Gasteiger partial charge on any atom is -0.357 e. The van der Waals surface area contributed by atoms with Crippen LogP contribution in [-0.4, -0.2) is 24.0 Å². The van der Waals surface area contributed by atoms with Gasteiger partial charge in [-0.3, -0.25) is 9.59 Å². The topological polar surface area (TPSA) is 41.3 Å². The highest BCUT2D eigenvalue weighted by Crippen LogP contribution is 2.21. The van der Waals surface area contributed by atoms with Gasteiger partial charge in [0.25, 0.3) is 0 Å². The number of hydrogen-bond acceptors (Lipinski definition) is 3. The van der Waals surface area contributed by atoms with Crippen LogP contribution in [0.5, 0.6) is 0 Å². The van der Waals surface area contributed by atoms with Gasteiger partial charge < -0.3 is 4.90 Å². The molecule has 0 fully saturated rings. The number of aromatic nitrogens is 1. The van der Waals surface area contributed by atoms with Crippen molar-refractivity contribution in [3.05, 3.63) is 107 Å². The minimum absolute atomic E-state index is 0.101. The first-order chi connectivity index (χ1) is 13.0. The Labute approximate surface area is 159 Å². The van der Waals surface area contributed by atoms with Crippen molar-refractivity contribution in [3.8, 4) is 0 Å². The van der Waals surface area contributed by atoms with Gasteiger partial charge in [-0.1, -0.05) is 24.3 Å². The van der Waals surface area contributed by atoms with Crippen molar-refractivity contribution >= 4 is 18.1 Å². The zero-order valence-electron chi connectivity index (χ0n) is 15.4. The normalized spacial score (nSPS) is 18.1. The highest BCUT2D eigenvalue weighted by atomic mass is 16.1. The molecule has 0 unspecified atom stereocenters. The average molecular weight is 357 g/mol. The van der Waals surface area contributed by atoms with Crippen molar-refractivity contribution < 1.29 is 14.2 Å². The zero-order valence-corrected chi connectivity index (χ0v) is 15.4. The Hall–Kier alpha value is -3.53. The van der Waals surface area contributed by atoms with E-state index in [0.29, 0.717) is 16.7 Å². The van der Waals surface area contributed by atoms with Gasteiger partial charge in [0, 0.05) is 48.3 Å². The highest BCUT2D eigenvalue weighted by molar-refractivity contribution is 6.15. The molecule has 1 aromatic rings. The number of Topliss-reactive ketones (excluding diaryl/α,β-unsaturated/α-hetero) is 1. The lowest BCUT2D eigenvalue weighted by molar-refractivity contribution is -0.671. The lowest BCUT2D eigenvalue weighted by Crippen LogP contribution is -2.25. The Kier molecular flexibility index (Phi) is 5.57. The summed E-state index contributed by atoms with van der Waals surface area (Å²) in [5.41, 5.74) is 3.43. The van der Waals surface area contributed by atoms with Gasteiger partial charge in [-0.2, -0.15) is 0 Å². The fourth-order valence-electron chi connectivity index (χ4n) is 2.63. The number of aryl methyl sites for hydroxylation is 1. The molecule has 1 aliphatic carbocycles. The first kappa shape index (κ1) is 18.3. The van der Waals surface area contributed by atoms with Crippen LogP contribution in [0.3, 0.4) is 0 Å². The summed E-state index contributed by atoms with van der Waals surface area (Å²) < 4.78 is 1.94. The van der Waals surface area contributed by atoms with E-state index in [1.165, 1.54) is 0 Å². The van der Waals surface area contributed by atoms with E-state index in [4.69, 9.17) is 0 Å². The summed E-state index contributed by atoms with van der Waals surface area (Å²) >= 11 is 0. The first-order valence-electron chi connectivity index (χ1n) is 8.62. The second-order valence-electron chi connectivity index (χ2n) is 6.41. The summed E-state index contributed by atoms with van der Waals surface area (Å²) in [6, 6.07) is 3.92. The standard InChI is InChI=1S/C23H21N2O2/c1-24-11-7-18(8-12-24)3-5-21-15-20(17-26)16-22(23(21)27)6-4-19-9-13-25(2)14-10-19/h3-17H,1-2H3/q+1. The monoisotopic (exact) mass is 357 g/mol. The van der Waals surface area contributed by atoms with Gasteiger partial charge in [0.05, 0.1) is 0 Å². The van der Waals surface area contributed by atoms with Crippen LogP contribution in [-0.2, 0) is 16.6 Å². The SMILES string of the molecule is CN1C=CC(=CC=C2C=C(C=O)C=C(C=Cc3cc[n+](C)cc3)C2=O)C=C1. The van der Waals surface area contributed by atoms with Crippen LogP contribution in [0.15, 0.2) is 102 Å². The van der Waals surface area contributed by atoms with Crippen LogP contribution in [0.1, 0.15) is 5.56 Å². The number of pyridine rings is 1.